The molecule has 2 rings (SSSR count). The van der Waals surface area contributed by atoms with Crippen LogP contribution in [0.15, 0.2) is 10.6 Å². The van der Waals surface area contributed by atoms with Gasteiger partial charge in [-0.3, -0.25) is 0 Å². The van der Waals surface area contributed by atoms with E-state index in [9.17, 15) is 0 Å². The number of hydrogen-bond acceptors (Lipinski definition) is 4. The van der Waals surface area contributed by atoms with Gasteiger partial charge in [0, 0.05) is 18.9 Å². The van der Waals surface area contributed by atoms with E-state index in [0.29, 0.717) is 0 Å². The number of rotatable bonds is 5. The molecule has 2 heterocycles. The Kier molecular flexibility index (Phi) is 4.78. The fourth-order valence-electron chi connectivity index (χ4n) is 2.61. The van der Waals surface area contributed by atoms with Crippen LogP contribution in [0, 0.1) is 5.92 Å². The van der Waals surface area contributed by atoms with Crippen LogP contribution in [0.4, 0.5) is 0 Å². The first-order valence-electron chi connectivity index (χ1n) is 7.09. The lowest BCUT2D eigenvalue weighted by atomic mass is 9.93. The fourth-order valence-corrected chi connectivity index (χ4v) is 2.61. The molecule has 0 spiro atoms. The van der Waals surface area contributed by atoms with E-state index in [1.807, 2.05) is 13.1 Å². The topological polar surface area (TPSA) is 55.3 Å². The van der Waals surface area contributed by atoms with Gasteiger partial charge in [0.05, 0.1) is 6.20 Å². The van der Waals surface area contributed by atoms with Gasteiger partial charge in [0.25, 0.3) is 0 Å². The van der Waals surface area contributed by atoms with E-state index in [1.54, 1.807) is 0 Å². The van der Waals surface area contributed by atoms with Crippen LogP contribution in [0.25, 0.3) is 0 Å². The highest BCUT2D eigenvalue weighted by Gasteiger charge is 2.20. The summed E-state index contributed by atoms with van der Waals surface area (Å²) in [5, 5.41) is 0. The van der Waals surface area contributed by atoms with Crippen molar-refractivity contribution in [3.63, 3.8) is 0 Å². The lowest BCUT2D eigenvalue weighted by Gasteiger charge is -2.30. The van der Waals surface area contributed by atoms with Gasteiger partial charge in [-0.2, -0.15) is 0 Å². The second-order valence-electron chi connectivity index (χ2n) is 5.48. The molecule has 1 saturated heterocycles. The zero-order valence-electron chi connectivity index (χ0n) is 11.6. The molecule has 0 aliphatic carbocycles. The summed E-state index contributed by atoms with van der Waals surface area (Å²) in [5.74, 6) is 2.54. The fraction of sp³-hybridized carbons (Fsp3) is 0.786. The first-order chi connectivity index (χ1) is 8.67. The van der Waals surface area contributed by atoms with E-state index >= 15 is 0 Å². The van der Waals surface area contributed by atoms with Gasteiger partial charge in [0.1, 0.15) is 5.76 Å². The van der Waals surface area contributed by atoms with Crippen LogP contribution < -0.4 is 5.73 Å². The Morgan fingerprint density at radius 3 is 2.83 bits per heavy atom. The molecular weight excluding hydrogens is 226 g/mol. The van der Waals surface area contributed by atoms with Gasteiger partial charge in [-0.15, -0.1) is 0 Å². The highest BCUT2D eigenvalue weighted by atomic mass is 16.4. The molecule has 0 saturated carbocycles. The summed E-state index contributed by atoms with van der Waals surface area (Å²) in [5.41, 5.74) is 5.76. The molecule has 0 radical (unpaired) electrons. The molecule has 1 fully saturated rings. The summed E-state index contributed by atoms with van der Waals surface area (Å²) in [6, 6.07) is 0.138. The zero-order valence-corrected chi connectivity index (χ0v) is 11.6. The molecule has 1 aliphatic rings. The minimum atomic E-state index is 0.138. The SMILES string of the molecule is CCN1CCC(Cc2ncc(CC(C)N)o2)CC1. The van der Waals surface area contributed by atoms with Gasteiger partial charge in [-0.1, -0.05) is 6.92 Å². The number of aromatic nitrogens is 1. The van der Waals surface area contributed by atoms with Gasteiger partial charge >= 0.3 is 0 Å². The van der Waals surface area contributed by atoms with Crippen LogP contribution in [-0.4, -0.2) is 35.6 Å². The Balaban J connectivity index is 1.81. The molecule has 1 aliphatic heterocycles. The number of piperidine rings is 1. The van der Waals surface area contributed by atoms with Gasteiger partial charge in [-0.05, 0) is 45.3 Å². The predicted molar refractivity (Wildman–Crippen MR) is 72.4 cm³/mol. The summed E-state index contributed by atoms with van der Waals surface area (Å²) in [4.78, 5) is 6.87. The maximum atomic E-state index is 5.76. The maximum absolute atomic E-state index is 5.76. The van der Waals surface area contributed by atoms with Crippen LogP contribution in [-0.2, 0) is 12.8 Å². The molecule has 0 amide bonds. The second-order valence-corrected chi connectivity index (χ2v) is 5.48. The molecule has 18 heavy (non-hydrogen) atoms. The monoisotopic (exact) mass is 251 g/mol. The standard InChI is InChI=1S/C14H25N3O/c1-3-17-6-4-12(5-7-17)9-14-16-10-13(18-14)8-11(2)15/h10-12H,3-9,15H2,1-2H3. The summed E-state index contributed by atoms with van der Waals surface area (Å²) in [7, 11) is 0. The first kappa shape index (κ1) is 13.6. The summed E-state index contributed by atoms with van der Waals surface area (Å²) in [6.07, 6.45) is 6.12. The van der Waals surface area contributed by atoms with Crippen molar-refractivity contribution in [3.8, 4) is 0 Å². The highest BCUT2D eigenvalue weighted by Crippen LogP contribution is 2.21. The smallest absolute Gasteiger partial charge is 0.194 e. The summed E-state index contributed by atoms with van der Waals surface area (Å²) >= 11 is 0. The van der Waals surface area contributed by atoms with Crippen molar-refractivity contribution in [2.45, 2.75) is 45.6 Å². The van der Waals surface area contributed by atoms with Crippen molar-refractivity contribution >= 4 is 0 Å². The quantitative estimate of drug-likeness (QED) is 0.867. The van der Waals surface area contributed by atoms with Crippen LogP contribution >= 0.6 is 0 Å². The van der Waals surface area contributed by atoms with Gasteiger partial charge in [0.15, 0.2) is 5.89 Å². The van der Waals surface area contributed by atoms with Crippen LogP contribution in [0.3, 0.4) is 0 Å². The lowest BCUT2D eigenvalue weighted by molar-refractivity contribution is 0.186. The molecule has 2 N–H and O–H groups in total. The van der Waals surface area contributed by atoms with Crippen LogP contribution in [0.5, 0.6) is 0 Å². The molecule has 4 heteroatoms. The molecule has 1 atom stereocenters. The largest absolute Gasteiger partial charge is 0.446 e. The Bertz CT molecular complexity index is 354. The van der Waals surface area contributed by atoms with Crippen molar-refractivity contribution in [1.29, 1.82) is 0 Å². The molecule has 4 nitrogen and oxygen atoms in total. The molecule has 1 aromatic heterocycles. The van der Waals surface area contributed by atoms with E-state index in [-0.39, 0.29) is 6.04 Å². The van der Waals surface area contributed by atoms with E-state index in [1.165, 1.54) is 32.5 Å². The third-order valence-electron chi connectivity index (χ3n) is 3.74. The molecule has 0 aromatic carbocycles. The van der Waals surface area contributed by atoms with Crippen molar-refractivity contribution in [1.82, 2.24) is 9.88 Å². The minimum absolute atomic E-state index is 0.138. The maximum Gasteiger partial charge on any atom is 0.194 e. The third-order valence-corrected chi connectivity index (χ3v) is 3.74. The number of oxazole rings is 1. The second kappa shape index (κ2) is 6.34. The lowest BCUT2D eigenvalue weighted by Crippen LogP contribution is -2.34. The Morgan fingerprint density at radius 2 is 2.22 bits per heavy atom. The van der Waals surface area contributed by atoms with Crippen molar-refractivity contribution < 1.29 is 4.42 Å². The Hall–Kier alpha value is -0.870. The van der Waals surface area contributed by atoms with E-state index in [2.05, 4.69) is 16.8 Å². The summed E-state index contributed by atoms with van der Waals surface area (Å²) in [6.45, 7) is 7.82. The number of hydrogen-bond donors (Lipinski definition) is 1. The normalized spacial score (nSPS) is 20.2. The van der Waals surface area contributed by atoms with E-state index in [4.69, 9.17) is 10.2 Å². The van der Waals surface area contributed by atoms with Crippen LogP contribution in [0.1, 0.15) is 38.3 Å². The number of nitrogens with zero attached hydrogens (tertiary/aromatic N) is 2. The number of likely N-dealkylation sites (tertiary alicyclic amines) is 1. The Labute approximate surface area is 110 Å². The minimum Gasteiger partial charge on any atom is -0.446 e. The Morgan fingerprint density at radius 1 is 1.50 bits per heavy atom. The zero-order chi connectivity index (χ0) is 13.0. The average Bonchev–Trinajstić information content (AvgIpc) is 2.76. The molecule has 1 unspecified atom stereocenters. The molecule has 1 aromatic rings. The third kappa shape index (κ3) is 3.82. The molecular formula is C14H25N3O. The van der Waals surface area contributed by atoms with E-state index < -0.39 is 0 Å². The number of nitrogens with two attached hydrogens (primary N) is 1. The average molecular weight is 251 g/mol. The van der Waals surface area contributed by atoms with Gasteiger partial charge in [0.2, 0.25) is 0 Å². The van der Waals surface area contributed by atoms with Gasteiger partial charge in [-0.25, -0.2) is 4.98 Å². The van der Waals surface area contributed by atoms with Crippen molar-refractivity contribution in [2.75, 3.05) is 19.6 Å². The molecule has 102 valence electrons. The first-order valence-corrected chi connectivity index (χ1v) is 7.09. The summed E-state index contributed by atoms with van der Waals surface area (Å²) < 4.78 is 5.75. The van der Waals surface area contributed by atoms with E-state index in [0.717, 1.165) is 30.4 Å². The van der Waals surface area contributed by atoms with Crippen molar-refractivity contribution in [3.05, 3.63) is 17.8 Å². The van der Waals surface area contributed by atoms with Gasteiger partial charge < -0.3 is 15.1 Å². The van der Waals surface area contributed by atoms with Crippen molar-refractivity contribution in [2.24, 2.45) is 11.7 Å². The van der Waals surface area contributed by atoms with Crippen LogP contribution in [0.2, 0.25) is 0 Å². The molecule has 0 bridgehead atoms. The highest BCUT2D eigenvalue weighted by molar-refractivity contribution is 4.97. The predicted octanol–water partition coefficient (Wildman–Crippen LogP) is 1.84.